The molecule has 0 bridgehead atoms. The number of carbonyl (C=O) groups excluding carboxylic acids is 1. The molecule has 4 heteroatoms. The van der Waals surface area contributed by atoms with E-state index in [1.54, 1.807) is 12.1 Å². The number of anilines is 1. The number of hydrogen-bond donors (Lipinski definition) is 0. The van der Waals surface area contributed by atoms with Gasteiger partial charge in [-0.2, -0.15) is 5.10 Å². The van der Waals surface area contributed by atoms with E-state index in [1.807, 2.05) is 30.3 Å². The molecule has 94 valence electrons. The third-order valence-corrected chi connectivity index (χ3v) is 2.94. The number of carbonyl (C=O) groups is 1. The zero-order chi connectivity index (χ0) is 13.2. The van der Waals surface area contributed by atoms with Crippen molar-refractivity contribution < 1.29 is 9.18 Å². The fourth-order valence-electron chi connectivity index (χ4n) is 2.03. The Morgan fingerprint density at radius 1 is 1.05 bits per heavy atom. The largest absolute Gasteiger partial charge is 0.272 e. The van der Waals surface area contributed by atoms with Crippen molar-refractivity contribution in [3.05, 3.63) is 66.0 Å². The molecule has 0 atom stereocenters. The summed E-state index contributed by atoms with van der Waals surface area (Å²) in [7, 11) is 0. The van der Waals surface area contributed by atoms with Crippen LogP contribution < -0.4 is 5.01 Å². The highest BCUT2D eigenvalue weighted by atomic mass is 19.1. The summed E-state index contributed by atoms with van der Waals surface area (Å²) >= 11 is 0. The molecule has 0 unspecified atom stereocenters. The fourth-order valence-corrected chi connectivity index (χ4v) is 2.03. The first kappa shape index (κ1) is 11.6. The first-order valence-corrected chi connectivity index (χ1v) is 5.95. The molecule has 0 aromatic heterocycles. The molecule has 2 aromatic carbocycles. The summed E-state index contributed by atoms with van der Waals surface area (Å²) < 4.78 is 13.2. The van der Waals surface area contributed by atoms with Crippen molar-refractivity contribution in [1.82, 2.24) is 0 Å². The highest BCUT2D eigenvalue weighted by Crippen LogP contribution is 2.23. The molecule has 0 fully saturated rings. The van der Waals surface area contributed by atoms with Gasteiger partial charge in [-0.25, -0.2) is 9.40 Å². The summed E-state index contributed by atoms with van der Waals surface area (Å²) in [6.45, 7) is 0. The topological polar surface area (TPSA) is 32.7 Å². The standard InChI is InChI=1S/C15H11FN2O/c16-12-7-4-8-13(9-12)18-15(19)10-14(17-18)11-5-2-1-3-6-11/h1-9H,10H2. The van der Waals surface area contributed by atoms with Crippen molar-refractivity contribution >= 4 is 17.3 Å². The zero-order valence-electron chi connectivity index (χ0n) is 10.1. The average Bonchev–Trinajstić information content (AvgIpc) is 2.82. The van der Waals surface area contributed by atoms with E-state index in [2.05, 4.69) is 5.10 Å². The normalized spacial score (nSPS) is 14.7. The Hall–Kier alpha value is -2.49. The molecule has 1 aliphatic rings. The van der Waals surface area contributed by atoms with Crippen molar-refractivity contribution in [3.8, 4) is 0 Å². The second-order valence-corrected chi connectivity index (χ2v) is 4.27. The lowest BCUT2D eigenvalue weighted by molar-refractivity contribution is -0.116. The lowest BCUT2D eigenvalue weighted by Crippen LogP contribution is -2.19. The smallest absolute Gasteiger partial charge is 0.253 e. The quantitative estimate of drug-likeness (QED) is 0.811. The summed E-state index contributed by atoms with van der Waals surface area (Å²) in [6, 6.07) is 15.4. The molecule has 0 saturated carbocycles. The van der Waals surface area contributed by atoms with Crippen molar-refractivity contribution in [2.45, 2.75) is 6.42 Å². The van der Waals surface area contributed by atoms with Gasteiger partial charge in [0.05, 0.1) is 17.8 Å². The maximum Gasteiger partial charge on any atom is 0.253 e. The van der Waals surface area contributed by atoms with Gasteiger partial charge >= 0.3 is 0 Å². The molecule has 1 heterocycles. The van der Waals surface area contributed by atoms with Crippen molar-refractivity contribution in [2.24, 2.45) is 5.10 Å². The monoisotopic (exact) mass is 254 g/mol. The van der Waals surface area contributed by atoms with Crippen LogP contribution in [0.25, 0.3) is 0 Å². The van der Waals surface area contributed by atoms with Crippen LogP contribution in [0.4, 0.5) is 10.1 Å². The van der Waals surface area contributed by atoms with Crippen LogP contribution in [-0.2, 0) is 4.79 Å². The van der Waals surface area contributed by atoms with Crippen LogP contribution in [0.3, 0.4) is 0 Å². The minimum absolute atomic E-state index is 0.149. The number of rotatable bonds is 2. The highest BCUT2D eigenvalue weighted by Gasteiger charge is 2.26. The van der Waals surface area contributed by atoms with E-state index in [4.69, 9.17) is 0 Å². The van der Waals surface area contributed by atoms with Gasteiger partial charge < -0.3 is 0 Å². The SMILES string of the molecule is O=C1CC(c2ccccc2)=NN1c1cccc(F)c1. The Kier molecular flexibility index (Phi) is 2.83. The van der Waals surface area contributed by atoms with E-state index in [0.717, 1.165) is 5.56 Å². The Labute approximate surface area is 110 Å². The van der Waals surface area contributed by atoms with Crippen LogP contribution in [0.1, 0.15) is 12.0 Å². The van der Waals surface area contributed by atoms with Gasteiger partial charge in [0.2, 0.25) is 0 Å². The van der Waals surface area contributed by atoms with E-state index < -0.39 is 0 Å². The fraction of sp³-hybridized carbons (Fsp3) is 0.0667. The first-order valence-electron chi connectivity index (χ1n) is 5.95. The lowest BCUT2D eigenvalue weighted by Gasteiger charge is -2.10. The Bertz CT molecular complexity index is 652. The summed E-state index contributed by atoms with van der Waals surface area (Å²) in [6.07, 6.45) is 0.237. The van der Waals surface area contributed by atoms with E-state index in [9.17, 15) is 9.18 Å². The van der Waals surface area contributed by atoms with Crippen LogP contribution in [0.5, 0.6) is 0 Å². The summed E-state index contributed by atoms with van der Waals surface area (Å²) in [4.78, 5) is 12.0. The number of nitrogens with zero attached hydrogens (tertiary/aromatic N) is 2. The molecule has 2 aromatic rings. The average molecular weight is 254 g/mol. The number of halogens is 1. The second-order valence-electron chi connectivity index (χ2n) is 4.27. The Morgan fingerprint density at radius 3 is 2.58 bits per heavy atom. The van der Waals surface area contributed by atoms with E-state index in [1.165, 1.54) is 17.1 Å². The Balaban J connectivity index is 1.96. The third-order valence-electron chi connectivity index (χ3n) is 2.94. The summed E-state index contributed by atoms with van der Waals surface area (Å²) in [5.74, 6) is -0.530. The maximum absolute atomic E-state index is 13.2. The van der Waals surface area contributed by atoms with Gasteiger partial charge in [0.25, 0.3) is 5.91 Å². The highest BCUT2D eigenvalue weighted by molar-refractivity contribution is 6.19. The lowest BCUT2D eigenvalue weighted by atomic mass is 10.1. The third kappa shape index (κ3) is 2.25. The van der Waals surface area contributed by atoms with Gasteiger partial charge in [-0.3, -0.25) is 4.79 Å². The molecule has 3 nitrogen and oxygen atoms in total. The number of benzene rings is 2. The van der Waals surface area contributed by atoms with Gasteiger partial charge in [0.15, 0.2) is 0 Å². The van der Waals surface area contributed by atoms with E-state index >= 15 is 0 Å². The molecular formula is C15H11FN2O. The minimum atomic E-state index is -0.381. The van der Waals surface area contributed by atoms with Crippen molar-refractivity contribution in [2.75, 3.05) is 5.01 Å². The van der Waals surface area contributed by atoms with Crippen LogP contribution >= 0.6 is 0 Å². The minimum Gasteiger partial charge on any atom is -0.272 e. The number of amides is 1. The molecule has 0 aliphatic carbocycles. The zero-order valence-corrected chi connectivity index (χ0v) is 10.1. The molecule has 19 heavy (non-hydrogen) atoms. The molecule has 1 amide bonds. The number of hydrazone groups is 1. The molecule has 0 N–H and O–H groups in total. The van der Waals surface area contributed by atoms with Crippen LogP contribution in [-0.4, -0.2) is 11.6 Å². The van der Waals surface area contributed by atoms with Gasteiger partial charge in [0.1, 0.15) is 5.82 Å². The predicted octanol–water partition coefficient (Wildman–Crippen LogP) is 2.97. The van der Waals surface area contributed by atoms with Crippen LogP contribution in [0, 0.1) is 5.82 Å². The van der Waals surface area contributed by atoms with Crippen LogP contribution in [0.2, 0.25) is 0 Å². The Morgan fingerprint density at radius 2 is 1.84 bits per heavy atom. The maximum atomic E-state index is 13.2. The molecule has 0 radical (unpaired) electrons. The first-order chi connectivity index (χ1) is 9.24. The van der Waals surface area contributed by atoms with Gasteiger partial charge in [0, 0.05) is 0 Å². The van der Waals surface area contributed by atoms with Gasteiger partial charge in [-0.05, 0) is 23.8 Å². The molecule has 1 aliphatic heterocycles. The molecular weight excluding hydrogens is 243 g/mol. The second kappa shape index (κ2) is 4.65. The van der Waals surface area contributed by atoms with Crippen LogP contribution in [0.15, 0.2) is 59.7 Å². The number of hydrogen-bond acceptors (Lipinski definition) is 2. The van der Waals surface area contributed by atoms with Crippen molar-refractivity contribution in [1.29, 1.82) is 0 Å². The molecule has 0 saturated heterocycles. The molecule has 0 spiro atoms. The van der Waals surface area contributed by atoms with E-state index in [-0.39, 0.29) is 18.1 Å². The van der Waals surface area contributed by atoms with Gasteiger partial charge in [-0.15, -0.1) is 0 Å². The van der Waals surface area contributed by atoms with E-state index in [0.29, 0.717) is 11.4 Å². The predicted molar refractivity (Wildman–Crippen MR) is 71.5 cm³/mol. The summed E-state index contributed by atoms with van der Waals surface area (Å²) in [5.41, 5.74) is 2.07. The summed E-state index contributed by atoms with van der Waals surface area (Å²) in [5, 5.41) is 5.54. The molecule has 3 rings (SSSR count). The van der Waals surface area contributed by atoms with Gasteiger partial charge in [-0.1, -0.05) is 36.4 Å². The van der Waals surface area contributed by atoms with Crippen molar-refractivity contribution in [3.63, 3.8) is 0 Å².